The van der Waals surface area contributed by atoms with E-state index in [-0.39, 0.29) is 0 Å². The quantitative estimate of drug-likeness (QED) is 0.843. The minimum Gasteiger partial charge on any atom is -0.298 e. The Kier molecular flexibility index (Phi) is 4.37. The van der Waals surface area contributed by atoms with Crippen molar-refractivity contribution < 1.29 is 0 Å². The molecule has 0 N–H and O–H groups in total. The van der Waals surface area contributed by atoms with E-state index >= 15 is 0 Å². The van der Waals surface area contributed by atoms with Gasteiger partial charge < -0.3 is 0 Å². The van der Waals surface area contributed by atoms with Gasteiger partial charge in [0.2, 0.25) is 0 Å². The van der Waals surface area contributed by atoms with Crippen LogP contribution in [0.4, 0.5) is 0 Å². The number of hydrogen-bond donors (Lipinski definition) is 0. The van der Waals surface area contributed by atoms with Gasteiger partial charge >= 0.3 is 0 Å². The molecular formula is C17H27N3. The molecule has 110 valence electrons. The molecule has 1 aromatic rings. The molecule has 0 aliphatic carbocycles. The van der Waals surface area contributed by atoms with Crippen LogP contribution in [-0.2, 0) is 0 Å². The molecule has 3 unspecified atom stereocenters. The van der Waals surface area contributed by atoms with Crippen molar-refractivity contribution in [2.75, 3.05) is 19.6 Å². The maximum Gasteiger partial charge on any atom is 0.0325 e. The van der Waals surface area contributed by atoms with Gasteiger partial charge in [0.05, 0.1) is 0 Å². The zero-order valence-corrected chi connectivity index (χ0v) is 12.8. The number of fused-ring (bicyclic) bond motifs is 1. The first kappa shape index (κ1) is 14.0. The molecule has 3 nitrogen and oxygen atoms in total. The summed E-state index contributed by atoms with van der Waals surface area (Å²) in [4.78, 5) is 9.63. The smallest absolute Gasteiger partial charge is 0.0325 e. The van der Waals surface area contributed by atoms with Crippen LogP contribution < -0.4 is 0 Å². The largest absolute Gasteiger partial charge is 0.298 e. The number of rotatable bonds is 3. The molecule has 0 radical (unpaired) electrons. The SMILES string of the molecule is CCC1CN2CCCCC2CN1C(C)c1ccncc1. The maximum absolute atomic E-state index is 4.15. The molecule has 3 rings (SSSR count). The highest BCUT2D eigenvalue weighted by molar-refractivity contribution is 5.15. The van der Waals surface area contributed by atoms with Gasteiger partial charge in [-0.15, -0.1) is 0 Å². The van der Waals surface area contributed by atoms with Crippen LogP contribution in [0.2, 0.25) is 0 Å². The van der Waals surface area contributed by atoms with Gasteiger partial charge in [-0.2, -0.15) is 0 Å². The van der Waals surface area contributed by atoms with E-state index in [0.29, 0.717) is 12.1 Å². The fourth-order valence-electron chi connectivity index (χ4n) is 3.95. The number of pyridine rings is 1. The van der Waals surface area contributed by atoms with Gasteiger partial charge in [-0.25, -0.2) is 0 Å². The Bertz CT molecular complexity index is 420. The first-order valence-electron chi connectivity index (χ1n) is 8.19. The highest BCUT2D eigenvalue weighted by Crippen LogP contribution is 2.31. The highest BCUT2D eigenvalue weighted by atomic mass is 15.3. The molecule has 0 saturated carbocycles. The summed E-state index contributed by atoms with van der Waals surface area (Å²) in [5.41, 5.74) is 1.41. The number of piperidine rings is 1. The first-order valence-corrected chi connectivity index (χ1v) is 8.19. The minimum atomic E-state index is 0.507. The van der Waals surface area contributed by atoms with E-state index in [1.165, 1.54) is 50.9 Å². The Balaban J connectivity index is 1.76. The molecule has 1 aromatic heterocycles. The van der Waals surface area contributed by atoms with E-state index in [1.54, 1.807) is 0 Å². The van der Waals surface area contributed by atoms with E-state index < -0.39 is 0 Å². The van der Waals surface area contributed by atoms with Gasteiger partial charge in [-0.1, -0.05) is 13.3 Å². The van der Waals surface area contributed by atoms with Crippen molar-refractivity contribution in [3.8, 4) is 0 Å². The molecule has 0 aromatic carbocycles. The molecule has 0 amide bonds. The minimum absolute atomic E-state index is 0.507. The van der Waals surface area contributed by atoms with E-state index in [4.69, 9.17) is 0 Å². The summed E-state index contributed by atoms with van der Waals surface area (Å²) in [6.45, 7) is 8.51. The average molecular weight is 273 g/mol. The molecule has 0 bridgehead atoms. The van der Waals surface area contributed by atoms with E-state index in [2.05, 4.69) is 40.8 Å². The summed E-state index contributed by atoms with van der Waals surface area (Å²) in [5, 5.41) is 0. The zero-order chi connectivity index (χ0) is 13.9. The lowest BCUT2D eigenvalue weighted by molar-refractivity contribution is -0.0124. The van der Waals surface area contributed by atoms with Gasteiger partial charge in [-0.3, -0.25) is 14.8 Å². The van der Waals surface area contributed by atoms with Crippen LogP contribution >= 0.6 is 0 Å². The van der Waals surface area contributed by atoms with Crippen LogP contribution in [0, 0.1) is 0 Å². The molecule has 2 saturated heterocycles. The average Bonchev–Trinajstić information content (AvgIpc) is 2.53. The lowest BCUT2D eigenvalue weighted by Gasteiger charge is -2.50. The number of aromatic nitrogens is 1. The number of nitrogens with zero attached hydrogens (tertiary/aromatic N) is 3. The third-order valence-corrected chi connectivity index (χ3v) is 5.24. The lowest BCUT2D eigenvalue weighted by atomic mass is 9.93. The number of hydrogen-bond acceptors (Lipinski definition) is 3. The van der Waals surface area contributed by atoms with Crippen molar-refractivity contribution in [3.63, 3.8) is 0 Å². The summed E-state index contributed by atoms with van der Waals surface area (Å²) in [6.07, 6.45) is 9.28. The lowest BCUT2D eigenvalue weighted by Crippen LogP contribution is -2.59. The molecule has 3 heterocycles. The summed E-state index contributed by atoms with van der Waals surface area (Å²) < 4.78 is 0. The highest BCUT2D eigenvalue weighted by Gasteiger charge is 2.36. The fraction of sp³-hybridized carbons (Fsp3) is 0.706. The molecule has 0 spiro atoms. The standard InChI is InChI=1S/C17H27N3/c1-3-16-12-19-11-5-4-6-17(19)13-20(16)14(2)15-7-9-18-10-8-15/h7-10,14,16-17H,3-6,11-13H2,1-2H3. The second kappa shape index (κ2) is 6.23. The van der Waals surface area contributed by atoms with Crippen molar-refractivity contribution in [2.45, 2.75) is 57.7 Å². The molecular weight excluding hydrogens is 246 g/mol. The van der Waals surface area contributed by atoms with Crippen molar-refractivity contribution in [2.24, 2.45) is 0 Å². The predicted octanol–water partition coefficient (Wildman–Crippen LogP) is 3.09. The third-order valence-electron chi connectivity index (χ3n) is 5.24. The Hall–Kier alpha value is -0.930. The fourth-order valence-corrected chi connectivity index (χ4v) is 3.95. The van der Waals surface area contributed by atoms with Gasteiger partial charge in [0.25, 0.3) is 0 Å². The van der Waals surface area contributed by atoms with Gasteiger partial charge in [0, 0.05) is 43.6 Å². The van der Waals surface area contributed by atoms with Gasteiger partial charge in [-0.05, 0) is 50.4 Å². The predicted molar refractivity (Wildman–Crippen MR) is 82.6 cm³/mol. The Morgan fingerprint density at radius 3 is 2.80 bits per heavy atom. The zero-order valence-electron chi connectivity index (χ0n) is 12.8. The van der Waals surface area contributed by atoms with Gasteiger partial charge in [0.15, 0.2) is 0 Å². The molecule has 2 aliphatic rings. The first-order chi connectivity index (χ1) is 9.79. The molecule has 2 aliphatic heterocycles. The number of piperazine rings is 1. The summed E-state index contributed by atoms with van der Waals surface area (Å²) in [7, 11) is 0. The summed E-state index contributed by atoms with van der Waals surface area (Å²) in [6, 6.07) is 6.34. The van der Waals surface area contributed by atoms with Gasteiger partial charge in [0.1, 0.15) is 0 Å². The molecule has 20 heavy (non-hydrogen) atoms. The van der Waals surface area contributed by atoms with Crippen molar-refractivity contribution in [3.05, 3.63) is 30.1 Å². The maximum atomic E-state index is 4.15. The Morgan fingerprint density at radius 2 is 2.05 bits per heavy atom. The third kappa shape index (κ3) is 2.75. The Labute approximate surface area is 123 Å². The van der Waals surface area contributed by atoms with Crippen LogP contribution in [0.25, 0.3) is 0 Å². The Morgan fingerprint density at radius 1 is 1.25 bits per heavy atom. The van der Waals surface area contributed by atoms with Crippen LogP contribution in [0.5, 0.6) is 0 Å². The van der Waals surface area contributed by atoms with Crippen LogP contribution in [0.1, 0.15) is 51.1 Å². The monoisotopic (exact) mass is 273 g/mol. The van der Waals surface area contributed by atoms with Crippen molar-refractivity contribution >= 4 is 0 Å². The van der Waals surface area contributed by atoms with E-state index in [9.17, 15) is 0 Å². The molecule has 3 heteroatoms. The van der Waals surface area contributed by atoms with E-state index in [0.717, 1.165) is 6.04 Å². The van der Waals surface area contributed by atoms with Crippen LogP contribution in [0.15, 0.2) is 24.5 Å². The van der Waals surface area contributed by atoms with Crippen LogP contribution in [-0.4, -0.2) is 46.5 Å². The van der Waals surface area contributed by atoms with Crippen molar-refractivity contribution in [1.29, 1.82) is 0 Å². The van der Waals surface area contributed by atoms with Crippen molar-refractivity contribution in [1.82, 2.24) is 14.8 Å². The summed E-state index contributed by atoms with van der Waals surface area (Å²) in [5.74, 6) is 0. The van der Waals surface area contributed by atoms with E-state index in [1.807, 2.05) is 12.4 Å². The second-order valence-electron chi connectivity index (χ2n) is 6.36. The topological polar surface area (TPSA) is 19.4 Å². The van der Waals surface area contributed by atoms with Crippen LogP contribution in [0.3, 0.4) is 0 Å². The second-order valence-corrected chi connectivity index (χ2v) is 6.36. The molecule has 3 atom stereocenters. The molecule has 2 fully saturated rings. The summed E-state index contributed by atoms with van der Waals surface area (Å²) >= 11 is 0. The normalized spacial score (nSPS) is 29.9.